The topological polar surface area (TPSA) is 28.2 Å². The molecular weight excluding hydrogens is 218 g/mol. The van der Waals surface area contributed by atoms with E-state index in [4.69, 9.17) is 11.6 Å². The smallest absolute Gasteiger partial charge is 0.113 e. The minimum Gasteiger partial charge on any atom is -0.248 e. The average molecular weight is 232 g/mol. The van der Waals surface area contributed by atoms with Crippen molar-refractivity contribution in [3.63, 3.8) is 0 Å². The van der Waals surface area contributed by atoms with Crippen molar-refractivity contribution in [3.8, 4) is 0 Å². The first-order valence-corrected chi connectivity index (χ1v) is 6.13. The number of hydrazine groups is 1. The summed E-state index contributed by atoms with van der Waals surface area (Å²) in [5, 5.41) is 3.33. The third-order valence-corrected chi connectivity index (χ3v) is 3.45. The average Bonchev–Trinajstić information content (AvgIpc) is 2.63. The summed E-state index contributed by atoms with van der Waals surface area (Å²) in [5.74, 6) is 0. The Kier molecular flexibility index (Phi) is 3.75. The lowest BCUT2D eigenvalue weighted by Gasteiger charge is -2.26. The summed E-state index contributed by atoms with van der Waals surface area (Å²) < 4.78 is 0.764. The number of halogens is 1. The monoisotopic (exact) mass is 231 g/mol. The number of nitrogens with zero attached hydrogens (tertiary/aromatic N) is 2. The molecule has 2 heterocycles. The molecule has 1 aromatic heterocycles. The summed E-state index contributed by atoms with van der Waals surface area (Å²) in [4.78, 5) is 4.20. The fraction of sp³-hybridized carbons (Fsp3) is 0.667. The number of hydrogen-bond acceptors (Lipinski definition) is 4. The Balaban J connectivity index is 1.76. The van der Waals surface area contributed by atoms with Crippen LogP contribution in [-0.4, -0.2) is 23.1 Å². The van der Waals surface area contributed by atoms with Crippen molar-refractivity contribution in [1.82, 2.24) is 15.4 Å². The summed E-state index contributed by atoms with van der Waals surface area (Å²) in [5.41, 5.74) is 3.37. The van der Waals surface area contributed by atoms with E-state index in [1.54, 1.807) is 17.5 Å². The number of hydrogen-bond donors (Lipinski definition) is 1. The minimum atomic E-state index is 0.764. The highest BCUT2D eigenvalue weighted by Gasteiger charge is 2.09. The summed E-state index contributed by atoms with van der Waals surface area (Å²) in [6.45, 7) is 3.11. The molecule has 14 heavy (non-hydrogen) atoms. The van der Waals surface area contributed by atoms with Gasteiger partial charge in [-0.3, -0.25) is 0 Å². The van der Waals surface area contributed by atoms with Crippen molar-refractivity contribution < 1.29 is 0 Å². The molecule has 1 aliphatic heterocycles. The van der Waals surface area contributed by atoms with Crippen LogP contribution in [0.4, 0.5) is 0 Å². The highest BCUT2D eigenvalue weighted by molar-refractivity contribution is 7.15. The molecule has 78 valence electrons. The van der Waals surface area contributed by atoms with Crippen LogP contribution in [0, 0.1) is 0 Å². The quantitative estimate of drug-likeness (QED) is 0.865. The highest BCUT2D eigenvalue weighted by atomic mass is 35.5. The van der Waals surface area contributed by atoms with Crippen LogP contribution in [0.2, 0.25) is 4.34 Å². The third kappa shape index (κ3) is 2.92. The zero-order chi connectivity index (χ0) is 9.80. The Bertz CT molecular complexity index is 283. The number of thiazole rings is 1. The molecular formula is C9H14ClN3S. The number of aromatic nitrogens is 1. The molecule has 0 radical (unpaired) electrons. The molecule has 1 aliphatic rings. The van der Waals surface area contributed by atoms with Gasteiger partial charge in [-0.25, -0.2) is 15.4 Å². The van der Waals surface area contributed by atoms with Crippen LogP contribution < -0.4 is 5.43 Å². The summed E-state index contributed by atoms with van der Waals surface area (Å²) in [6.07, 6.45) is 5.66. The Morgan fingerprint density at radius 1 is 1.43 bits per heavy atom. The van der Waals surface area contributed by atoms with Crippen molar-refractivity contribution in [2.45, 2.75) is 25.8 Å². The van der Waals surface area contributed by atoms with Gasteiger partial charge in [0.15, 0.2) is 0 Å². The van der Waals surface area contributed by atoms with Crippen LogP contribution >= 0.6 is 22.9 Å². The van der Waals surface area contributed by atoms with Crippen molar-refractivity contribution in [1.29, 1.82) is 0 Å². The van der Waals surface area contributed by atoms with Crippen LogP contribution in [0.1, 0.15) is 24.3 Å². The van der Waals surface area contributed by atoms with E-state index in [2.05, 4.69) is 15.4 Å². The van der Waals surface area contributed by atoms with E-state index in [1.165, 1.54) is 19.3 Å². The van der Waals surface area contributed by atoms with E-state index < -0.39 is 0 Å². The molecule has 1 N–H and O–H groups in total. The SMILES string of the molecule is Clc1cnc(CNN2CCCCC2)s1. The summed E-state index contributed by atoms with van der Waals surface area (Å²) in [6, 6.07) is 0. The third-order valence-electron chi connectivity index (χ3n) is 2.34. The molecule has 0 unspecified atom stereocenters. The maximum absolute atomic E-state index is 5.80. The van der Waals surface area contributed by atoms with Crippen LogP contribution in [0.3, 0.4) is 0 Å². The molecule has 0 aromatic carbocycles. The number of rotatable bonds is 3. The molecule has 0 aliphatic carbocycles. The predicted molar refractivity (Wildman–Crippen MR) is 59.4 cm³/mol. The Morgan fingerprint density at radius 2 is 2.21 bits per heavy atom. The van der Waals surface area contributed by atoms with E-state index in [1.807, 2.05) is 0 Å². The Labute approximate surface area is 93.1 Å². The second-order valence-electron chi connectivity index (χ2n) is 3.44. The van der Waals surface area contributed by atoms with Crippen LogP contribution in [0.5, 0.6) is 0 Å². The van der Waals surface area contributed by atoms with E-state index in [-0.39, 0.29) is 0 Å². The molecule has 2 rings (SSSR count). The first kappa shape index (κ1) is 10.4. The highest BCUT2D eigenvalue weighted by Crippen LogP contribution is 2.18. The lowest BCUT2D eigenvalue weighted by Crippen LogP contribution is -2.41. The largest absolute Gasteiger partial charge is 0.248 e. The van der Waals surface area contributed by atoms with Crippen molar-refractivity contribution in [3.05, 3.63) is 15.5 Å². The van der Waals surface area contributed by atoms with Crippen LogP contribution in [-0.2, 0) is 6.54 Å². The molecule has 0 atom stereocenters. The van der Waals surface area contributed by atoms with Gasteiger partial charge in [0.1, 0.15) is 9.34 Å². The summed E-state index contributed by atoms with van der Waals surface area (Å²) >= 11 is 7.34. The van der Waals surface area contributed by atoms with Gasteiger partial charge >= 0.3 is 0 Å². The normalized spacial score (nSPS) is 18.6. The van der Waals surface area contributed by atoms with Crippen molar-refractivity contribution in [2.24, 2.45) is 0 Å². The molecule has 0 bridgehead atoms. The van der Waals surface area contributed by atoms with Gasteiger partial charge in [-0.2, -0.15) is 0 Å². The van der Waals surface area contributed by atoms with Gasteiger partial charge in [0.2, 0.25) is 0 Å². The van der Waals surface area contributed by atoms with E-state index in [0.717, 1.165) is 29.0 Å². The zero-order valence-electron chi connectivity index (χ0n) is 8.00. The lowest BCUT2D eigenvalue weighted by atomic mass is 10.2. The molecule has 1 aromatic rings. The van der Waals surface area contributed by atoms with E-state index >= 15 is 0 Å². The minimum absolute atomic E-state index is 0.764. The Hall–Kier alpha value is -0.160. The standard InChI is InChI=1S/C9H14ClN3S/c10-8-6-11-9(14-8)7-12-13-4-2-1-3-5-13/h6,12H,1-5,7H2. The van der Waals surface area contributed by atoms with Crippen LogP contribution in [0.25, 0.3) is 0 Å². The van der Waals surface area contributed by atoms with Gasteiger partial charge in [0.05, 0.1) is 12.7 Å². The number of piperidine rings is 1. The maximum Gasteiger partial charge on any atom is 0.113 e. The predicted octanol–water partition coefficient (Wildman–Crippen LogP) is 2.29. The van der Waals surface area contributed by atoms with Crippen molar-refractivity contribution in [2.75, 3.05) is 13.1 Å². The molecule has 3 nitrogen and oxygen atoms in total. The van der Waals surface area contributed by atoms with Crippen LogP contribution in [0.15, 0.2) is 6.20 Å². The molecule has 0 spiro atoms. The fourth-order valence-corrected chi connectivity index (χ4v) is 2.49. The second-order valence-corrected chi connectivity index (χ2v) is 5.19. The maximum atomic E-state index is 5.80. The van der Waals surface area contributed by atoms with Gasteiger partial charge in [-0.05, 0) is 12.8 Å². The number of nitrogens with one attached hydrogen (secondary N) is 1. The van der Waals surface area contributed by atoms with Gasteiger partial charge < -0.3 is 0 Å². The lowest BCUT2D eigenvalue weighted by molar-refractivity contribution is 0.151. The molecule has 1 fully saturated rings. The molecule has 0 amide bonds. The fourth-order valence-electron chi connectivity index (χ4n) is 1.60. The second kappa shape index (κ2) is 5.07. The molecule has 1 saturated heterocycles. The zero-order valence-corrected chi connectivity index (χ0v) is 9.57. The van der Waals surface area contributed by atoms with Gasteiger partial charge in [-0.15, -0.1) is 11.3 Å². The Morgan fingerprint density at radius 3 is 2.86 bits per heavy atom. The van der Waals surface area contributed by atoms with Crippen molar-refractivity contribution >= 4 is 22.9 Å². The first-order chi connectivity index (χ1) is 6.84. The first-order valence-electron chi connectivity index (χ1n) is 4.93. The van der Waals surface area contributed by atoms with Gasteiger partial charge in [-0.1, -0.05) is 18.0 Å². The summed E-state index contributed by atoms with van der Waals surface area (Å²) in [7, 11) is 0. The molecule has 0 saturated carbocycles. The van der Waals surface area contributed by atoms with Gasteiger partial charge in [0, 0.05) is 13.1 Å². The van der Waals surface area contributed by atoms with Gasteiger partial charge in [0.25, 0.3) is 0 Å². The van der Waals surface area contributed by atoms with E-state index in [9.17, 15) is 0 Å². The van der Waals surface area contributed by atoms with E-state index in [0.29, 0.717) is 0 Å². The molecule has 5 heteroatoms.